The summed E-state index contributed by atoms with van der Waals surface area (Å²) < 4.78 is 0. The minimum Gasteiger partial charge on any atom is -0.378 e. The number of amides is 1. The zero-order chi connectivity index (χ0) is 18.0. The van der Waals surface area contributed by atoms with Crippen molar-refractivity contribution >= 4 is 11.6 Å². The van der Waals surface area contributed by atoms with E-state index in [4.69, 9.17) is 0 Å². The number of benzene rings is 2. The van der Waals surface area contributed by atoms with Crippen LogP contribution in [0.25, 0.3) is 0 Å². The maximum absolute atomic E-state index is 12.6. The van der Waals surface area contributed by atoms with Gasteiger partial charge >= 0.3 is 0 Å². The van der Waals surface area contributed by atoms with E-state index in [0.717, 1.165) is 30.2 Å². The lowest BCUT2D eigenvalue weighted by atomic mass is 9.68. The molecule has 3 heteroatoms. The molecule has 4 aliphatic rings. The van der Waals surface area contributed by atoms with E-state index in [-0.39, 0.29) is 5.91 Å². The Balaban J connectivity index is 1.40. The first-order chi connectivity index (χ1) is 13.3. The summed E-state index contributed by atoms with van der Waals surface area (Å²) in [5.41, 5.74) is 4.87. The fourth-order valence-electron chi connectivity index (χ4n) is 6.11. The molecule has 5 atom stereocenters. The first kappa shape index (κ1) is 15.7. The Morgan fingerprint density at radius 3 is 2.59 bits per heavy atom. The Hall–Kier alpha value is -2.29. The molecule has 2 aromatic carbocycles. The number of carbonyl (C=O) groups excluding carboxylic acids is 1. The fourth-order valence-corrected chi connectivity index (χ4v) is 6.11. The van der Waals surface area contributed by atoms with E-state index < -0.39 is 0 Å². The van der Waals surface area contributed by atoms with Crippen molar-refractivity contribution in [2.75, 3.05) is 5.32 Å². The predicted octanol–water partition coefficient (Wildman–Crippen LogP) is 4.88. The van der Waals surface area contributed by atoms with Crippen molar-refractivity contribution in [3.63, 3.8) is 0 Å². The summed E-state index contributed by atoms with van der Waals surface area (Å²) in [5.74, 6) is 2.95. The Kier molecular flexibility index (Phi) is 3.41. The van der Waals surface area contributed by atoms with Gasteiger partial charge in [-0.25, -0.2) is 0 Å². The lowest BCUT2D eigenvalue weighted by Crippen LogP contribution is -2.35. The Bertz CT molecular complexity index is 889. The number of carbonyl (C=O) groups is 1. The van der Waals surface area contributed by atoms with Gasteiger partial charge in [-0.1, -0.05) is 30.3 Å². The van der Waals surface area contributed by atoms with Crippen LogP contribution in [0.2, 0.25) is 0 Å². The summed E-state index contributed by atoms with van der Waals surface area (Å²) in [6, 6.07) is 18.1. The van der Waals surface area contributed by atoms with Gasteiger partial charge in [0.25, 0.3) is 5.91 Å². The Morgan fingerprint density at radius 2 is 1.78 bits per heavy atom. The maximum Gasteiger partial charge on any atom is 0.251 e. The molecule has 27 heavy (non-hydrogen) atoms. The minimum atomic E-state index is 0.102. The fraction of sp³-hybridized carbons (Fsp3) is 0.458. The third-order valence-corrected chi connectivity index (χ3v) is 7.42. The molecule has 1 amide bonds. The van der Waals surface area contributed by atoms with Gasteiger partial charge in [0.2, 0.25) is 0 Å². The van der Waals surface area contributed by atoms with Crippen LogP contribution < -0.4 is 10.6 Å². The molecular weight excluding hydrogens is 332 g/mol. The SMILES string of the molecule is O=C(NC1CC1)c1ccc2c(c1)[C@H]1[C@H]3CC[C@@H](C3)[C@H]1[C@H](c1ccccc1)N2. The Morgan fingerprint density at radius 1 is 0.963 bits per heavy atom. The monoisotopic (exact) mass is 358 g/mol. The number of rotatable bonds is 3. The van der Waals surface area contributed by atoms with Gasteiger partial charge < -0.3 is 10.6 Å². The van der Waals surface area contributed by atoms with Crippen LogP contribution >= 0.6 is 0 Å². The molecule has 6 rings (SSSR count). The first-order valence-electron chi connectivity index (χ1n) is 10.5. The molecule has 2 aromatic rings. The zero-order valence-corrected chi connectivity index (χ0v) is 15.5. The molecule has 3 saturated carbocycles. The molecule has 1 aliphatic heterocycles. The van der Waals surface area contributed by atoms with Gasteiger partial charge in [0.1, 0.15) is 0 Å². The molecule has 1 heterocycles. The van der Waals surface area contributed by atoms with Gasteiger partial charge in [0.05, 0.1) is 6.04 Å². The van der Waals surface area contributed by atoms with Crippen molar-refractivity contribution in [3.05, 3.63) is 65.2 Å². The van der Waals surface area contributed by atoms with Crippen molar-refractivity contribution in [1.82, 2.24) is 5.32 Å². The van der Waals surface area contributed by atoms with E-state index in [2.05, 4.69) is 53.1 Å². The second-order valence-corrected chi connectivity index (χ2v) is 9.02. The van der Waals surface area contributed by atoms with Gasteiger partial charge in [0, 0.05) is 17.3 Å². The third-order valence-electron chi connectivity index (χ3n) is 7.42. The topological polar surface area (TPSA) is 41.1 Å². The maximum atomic E-state index is 12.6. The highest BCUT2D eigenvalue weighted by Crippen LogP contribution is 2.63. The number of hydrogen-bond donors (Lipinski definition) is 2. The Labute approximate surface area is 160 Å². The van der Waals surface area contributed by atoms with Crippen LogP contribution in [0.15, 0.2) is 48.5 Å². The molecule has 2 bridgehead atoms. The van der Waals surface area contributed by atoms with Gasteiger partial charge in [-0.3, -0.25) is 4.79 Å². The standard InChI is InChI=1S/C24H26N2O/c27-24(25-18-9-10-18)17-8-11-20-19(13-17)21-15-6-7-16(12-15)22(21)23(26-20)14-4-2-1-3-5-14/h1-5,8,11,13,15-16,18,21-23,26H,6-7,9-10,12H2,(H,25,27)/t15-,16-,21+,22+,23-/m0/s1. The summed E-state index contributed by atoms with van der Waals surface area (Å²) >= 11 is 0. The normalized spacial score (nSPS) is 33.1. The predicted molar refractivity (Wildman–Crippen MR) is 107 cm³/mol. The largest absolute Gasteiger partial charge is 0.378 e. The van der Waals surface area contributed by atoms with E-state index in [1.54, 1.807) is 0 Å². The van der Waals surface area contributed by atoms with Crippen molar-refractivity contribution in [3.8, 4) is 0 Å². The number of fused-ring (bicyclic) bond motifs is 7. The smallest absolute Gasteiger partial charge is 0.251 e. The van der Waals surface area contributed by atoms with E-state index in [1.165, 1.54) is 36.1 Å². The minimum absolute atomic E-state index is 0.102. The number of anilines is 1. The van der Waals surface area contributed by atoms with E-state index in [1.807, 2.05) is 6.07 Å². The highest BCUT2D eigenvalue weighted by atomic mass is 16.1. The highest BCUT2D eigenvalue weighted by Gasteiger charge is 2.53. The van der Waals surface area contributed by atoms with Crippen LogP contribution in [0.4, 0.5) is 5.69 Å². The molecule has 3 aliphatic carbocycles. The summed E-state index contributed by atoms with van der Waals surface area (Å²) in [5, 5.41) is 7.00. The second-order valence-electron chi connectivity index (χ2n) is 9.02. The van der Waals surface area contributed by atoms with Crippen molar-refractivity contribution in [2.45, 2.75) is 50.1 Å². The average molecular weight is 358 g/mol. The molecule has 138 valence electrons. The zero-order valence-electron chi connectivity index (χ0n) is 15.5. The molecule has 3 nitrogen and oxygen atoms in total. The third kappa shape index (κ3) is 2.51. The van der Waals surface area contributed by atoms with Gasteiger partial charge in [-0.15, -0.1) is 0 Å². The van der Waals surface area contributed by atoms with Crippen LogP contribution in [0.1, 0.15) is 65.5 Å². The van der Waals surface area contributed by atoms with Crippen LogP contribution in [0, 0.1) is 17.8 Å². The van der Waals surface area contributed by atoms with Gasteiger partial charge in [-0.05, 0) is 85.1 Å². The molecule has 0 saturated heterocycles. The van der Waals surface area contributed by atoms with Crippen molar-refractivity contribution < 1.29 is 4.79 Å². The van der Waals surface area contributed by atoms with Crippen LogP contribution in [-0.2, 0) is 0 Å². The first-order valence-corrected chi connectivity index (χ1v) is 10.5. The summed E-state index contributed by atoms with van der Waals surface area (Å²) in [6.07, 6.45) is 6.34. The average Bonchev–Trinajstić information content (AvgIpc) is 3.28. The summed E-state index contributed by atoms with van der Waals surface area (Å²) in [4.78, 5) is 12.6. The molecule has 3 fully saturated rings. The lowest BCUT2D eigenvalue weighted by Gasteiger charge is -2.43. The van der Waals surface area contributed by atoms with Crippen LogP contribution in [0.3, 0.4) is 0 Å². The number of hydrogen-bond acceptors (Lipinski definition) is 2. The lowest BCUT2D eigenvalue weighted by molar-refractivity contribution is 0.0951. The van der Waals surface area contributed by atoms with Crippen molar-refractivity contribution in [1.29, 1.82) is 0 Å². The quantitative estimate of drug-likeness (QED) is 0.821. The van der Waals surface area contributed by atoms with Gasteiger partial charge in [-0.2, -0.15) is 0 Å². The molecule has 2 N–H and O–H groups in total. The van der Waals surface area contributed by atoms with Gasteiger partial charge in [0.15, 0.2) is 0 Å². The van der Waals surface area contributed by atoms with Crippen LogP contribution in [-0.4, -0.2) is 11.9 Å². The number of nitrogens with one attached hydrogen (secondary N) is 2. The summed E-state index contributed by atoms with van der Waals surface area (Å²) in [6.45, 7) is 0. The molecular formula is C24H26N2O. The molecule has 0 unspecified atom stereocenters. The molecule has 0 aromatic heterocycles. The van der Waals surface area contributed by atoms with Crippen LogP contribution in [0.5, 0.6) is 0 Å². The molecule has 0 radical (unpaired) electrons. The highest BCUT2D eigenvalue weighted by molar-refractivity contribution is 5.95. The van der Waals surface area contributed by atoms with E-state index in [9.17, 15) is 4.79 Å². The summed E-state index contributed by atoms with van der Waals surface area (Å²) in [7, 11) is 0. The van der Waals surface area contributed by atoms with E-state index >= 15 is 0 Å². The molecule has 0 spiro atoms. The van der Waals surface area contributed by atoms with Crippen molar-refractivity contribution in [2.24, 2.45) is 17.8 Å². The second kappa shape index (κ2) is 5.85. The van der Waals surface area contributed by atoms with E-state index in [0.29, 0.717) is 23.9 Å².